The zero-order valence-electron chi connectivity index (χ0n) is 14.1. The molecular weight excluding hydrogens is 316 g/mol. The summed E-state index contributed by atoms with van der Waals surface area (Å²) < 4.78 is 6.83. The number of amides is 1. The van der Waals surface area contributed by atoms with Crippen LogP contribution in [-0.2, 0) is 24.4 Å². The molecule has 1 N–H and O–H groups in total. The van der Waals surface area contributed by atoms with E-state index in [9.17, 15) is 4.79 Å². The van der Waals surface area contributed by atoms with Crippen molar-refractivity contribution in [3.8, 4) is 0 Å². The van der Waals surface area contributed by atoms with Crippen LogP contribution in [0.25, 0.3) is 0 Å². The molecule has 1 aromatic heterocycles. The van der Waals surface area contributed by atoms with Gasteiger partial charge in [-0.15, -0.1) is 0 Å². The second-order valence-corrected chi connectivity index (χ2v) is 5.72. The standard InChI is InChI=1S/C19H20N4O2/c1-25-12-17-6-8-18(9-7-17)19(24)21-10-15-2-4-16(5-3-15)11-23-14-20-13-22-23/h2-9,13-14H,10-12H2,1H3,(H,21,24). The lowest BCUT2D eigenvalue weighted by Gasteiger charge is -2.07. The van der Waals surface area contributed by atoms with Gasteiger partial charge in [-0.25, -0.2) is 9.67 Å². The van der Waals surface area contributed by atoms with Gasteiger partial charge in [0.2, 0.25) is 0 Å². The number of ether oxygens (including phenoxy) is 1. The Labute approximate surface area is 146 Å². The first kappa shape index (κ1) is 16.9. The number of hydrogen-bond donors (Lipinski definition) is 1. The molecule has 128 valence electrons. The maximum Gasteiger partial charge on any atom is 0.251 e. The fourth-order valence-electron chi connectivity index (χ4n) is 2.47. The molecule has 0 aliphatic carbocycles. The van der Waals surface area contributed by atoms with Gasteiger partial charge in [-0.2, -0.15) is 5.10 Å². The molecule has 0 fully saturated rings. The molecule has 0 atom stereocenters. The highest BCUT2D eigenvalue weighted by atomic mass is 16.5. The first-order valence-corrected chi connectivity index (χ1v) is 8.01. The van der Waals surface area contributed by atoms with E-state index in [1.807, 2.05) is 48.5 Å². The Kier molecular flexibility index (Phi) is 5.53. The van der Waals surface area contributed by atoms with E-state index in [1.54, 1.807) is 18.1 Å². The van der Waals surface area contributed by atoms with Crippen LogP contribution in [0.4, 0.5) is 0 Å². The van der Waals surface area contributed by atoms with Crippen LogP contribution in [0.1, 0.15) is 27.0 Å². The minimum absolute atomic E-state index is 0.0874. The Bertz CT molecular complexity index is 796. The minimum atomic E-state index is -0.0874. The lowest BCUT2D eigenvalue weighted by Crippen LogP contribution is -2.22. The van der Waals surface area contributed by atoms with E-state index in [1.165, 1.54) is 6.33 Å². The van der Waals surface area contributed by atoms with E-state index in [-0.39, 0.29) is 5.91 Å². The average molecular weight is 336 g/mol. The van der Waals surface area contributed by atoms with Crippen molar-refractivity contribution in [1.29, 1.82) is 0 Å². The quantitative estimate of drug-likeness (QED) is 0.719. The highest BCUT2D eigenvalue weighted by Crippen LogP contribution is 2.08. The van der Waals surface area contributed by atoms with E-state index >= 15 is 0 Å². The summed E-state index contributed by atoms with van der Waals surface area (Å²) in [7, 11) is 1.65. The molecule has 1 heterocycles. The molecule has 0 saturated carbocycles. The molecule has 25 heavy (non-hydrogen) atoms. The number of rotatable bonds is 7. The number of methoxy groups -OCH3 is 1. The fourth-order valence-corrected chi connectivity index (χ4v) is 2.47. The predicted octanol–water partition coefficient (Wildman–Crippen LogP) is 2.40. The number of hydrogen-bond acceptors (Lipinski definition) is 4. The van der Waals surface area contributed by atoms with Crippen LogP contribution in [0.5, 0.6) is 0 Å². The Morgan fingerprint density at radius 1 is 1.04 bits per heavy atom. The van der Waals surface area contributed by atoms with Gasteiger partial charge in [0.15, 0.2) is 0 Å². The molecule has 0 aliphatic rings. The number of carbonyl (C=O) groups excluding carboxylic acids is 1. The first-order chi connectivity index (χ1) is 12.2. The van der Waals surface area contributed by atoms with Crippen LogP contribution in [-0.4, -0.2) is 27.8 Å². The highest BCUT2D eigenvalue weighted by Gasteiger charge is 2.05. The Balaban J connectivity index is 1.53. The number of nitrogens with zero attached hydrogens (tertiary/aromatic N) is 3. The molecule has 6 nitrogen and oxygen atoms in total. The molecule has 3 aromatic rings. The smallest absolute Gasteiger partial charge is 0.251 e. The van der Waals surface area contributed by atoms with E-state index < -0.39 is 0 Å². The van der Waals surface area contributed by atoms with Crippen LogP contribution in [0.3, 0.4) is 0 Å². The zero-order chi connectivity index (χ0) is 17.5. The molecule has 2 aromatic carbocycles. The summed E-state index contributed by atoms with van der Waals surface area (Å²) in [6, 6.07) is 15.5. The van der Waals surface area contributed by atoms with Gasteiger partial charge >= 0.3 is 0 Å². The van der Waals surface area contributed by atoms with E-state index in [0.29, 0.717) is 25.3 Å². The van der Waals surface area contributed by atoms with Crippen molar-refractivity contribution in [3.05, 3.63) is 83.4 Å². The summed E-state index contributed by atoms with van der Waals surface area (Å²) in [5.41, 5.74) is 3.87. The van der Waals surface area contributed by atoms with Crippen molar-refractivity contribution in [2.24, 2.45) is 0 Å². The Hall–Kier alpha value is -2.99. The van der Waals surface area contributed by atoms with Crippen LogP contribution in [0.15, 0.2) is 61.2 Å². The van der Waals surface area contributed by atoms with Crippen LogP contribution >= 0.6 is 0 Å². The SMILES string of the molecule is COCc1ccc(C(=O)NCc2ccc(Cn3cncn3)cc2)cc1. The molecule has 0 saturated heterocycles. The van der Waals surface area contributed by atoms with Crippen LogP contribution in [0.2, 0.25) is 0 Å². The Morgan fingerprint density at radius 2 is 1.72 bits per heavy atom. The summed E-state index contributed by atoms with van der Waals surface area (Å²) in [5.74, 6) is -0.0874. The van der Waals surface area contributed by atoms with Gasteiger partial charge in [0.05, 0.1) is 13.2 Å². The third kappa shape index (κ3) is 4.74. The second kappa shape index (κ2) is 8.21. The van der Waals surface area contributed by atoms with Gasteiger partial charge in [0, 0.05) is 19.2 Å². The van der Waals surface area contributed by atoms with Crippen molar-refractivity contribution in [2.45, 2.75) is 19.7 Å². The van der Waals surface area contributed by atoms with Crippen LogP contribution < -0.4 is 5.32 Å². The zero-order valence-corrected chi connectivity index (χ0v) is 14.1. The molecule has 3 rings (SSSR count). The van der Waals surface area contributed by atoms with Gasteiger partial charge < -0.3 is 10.1 Å². The maximum absolute atomic E-state index is 12.2. The molecule has 0 bridgehead atoms. The van der Waals surface area contributed by atoms with Gasteiger partial charge in [0.1, 0.15) is 12.7 Å². The predicted molar refractivity (Wildman–Crippen MR) is 93.9 cm³/mol. The summed E-state index contributed by atoms with van der Waals surface area (Å²) >= 11 is 0. The third-order valence-corrected chi connectivity index (χ3v) is 3.81. The van der Waals surface area contributed by atoms with E-state index in [0.717, 1.165) is 16.7 Å². The average Bonchev–Trinajstić information content (AvgIpc) is 3.15. The van der Waals surface area contributed by atoms with Gasteiger partial charge in [0.25, 0.3) is 5.91 Å². The minimum Gasteiger partial charge on any atom is -0.380 e. The molecule has 0 aliphatic heterocycles. The molecule has 0 unspecified atom stereocenters. The van der Waals surface area contributed by atoms with E-state index in [2.05, 4.69) is 15.4 Å². The Morgan fingerprint density at radius 3 is 2.36 bits per heavy atom. The van der Waals surface area contributed by atoms with Crippen molar-refractivity contribution >= 4 is 5.91 Å². The van der Waals surface area contributed by atoms with Crippen molar-refractivity contribution in [3.63, 3.8) is 0 Å². The largest absolute Gasteiger partial charge is 0.380 e. The van der Waals surface area contributed by atoms with Crippen molar-refractivity contribution in [2.75, 3.05) is 7.11 Å². The number of aromatic nitrogens is 3. The van der Waals surface area contributed by atoms with Crippen molar-refractivity contribution < 1.29 is 9.53 Å². The number of carbonyl (C=O) groups is 1. The third-order valence-electron chi connectivity index (χ3n) is 3.81. The molecule has 0 radical (unpaired) electrons. The monoisotopic (exact) mass is 336 g/mol. The van der Waals surface area contributed by atoms with Gasteiger partial charge in [-0.05, 0) is 28.8 Å². The molecular formula is C19H20N4O2. The topological polar surface area (TPSA) is 69.0 Å². The fraction of sp³-hybridized carbons (Fsp3) is 0.211. The molecule has 0 spiro atoms. The highest BCUT2D eigenvalue weighted by molar-refractivity contribution is 5.94. The van der Waals surface area contributed by atoms with Crippen molar-refractivity contribution in [1.82, 2.24) is 20.1 Å². The molecule has 6 heteroatoms. The normalized spacial score (nSPS) is 10.6. The summed E-state index contributed by atoms with van der Waals surface area (Å²) in [6.07, 6.45) is 3.21. The summed E-state index contributed by atoms with van der Waals surface area (Å²) in [6.45, 7) is 1.71. The maximum atomic E-state index is 12.2. The number of nitrogens with one attached hydrogen (secondary N) is 1. The van der Waals surface area contributed by atoms with E-state index in [4.69, 9.17) is 4.74 Å². The van der Waals surface area contributed by atoms with Gasteiger partial charge in [-0.3, -0.25) is 4.79 Å². The van der Waals surface area contributed by atoms with Crippen LogP contribution in [0, 0.1) is 0 Å². The lowest BCUT2D eigenvalue weighted by molar-refractivity contribution is 0.0951. The summed E-state index contributed by atoms with van der Waals surface area (Å²) in [5, 5.41) is 7.02. The second-order valence-electron chi connectivity index (χ2n) is 5.72. The molecule has 1 amide bonds. The first-order valence-electron chi connectivity index (χ1n) is 8.01. The number of benzene rings is 2. The lowest BCUT2D eigenvalue weighted by atomic mass is 10.1. The van der Waals surface area contributed by atoms with Gasteiger partial charge in [-0.1, -0.05) is 36.4 Å². The summed E-state index contributed by atoms with van der Waals surface area (Å²) in [4.78, 5) is 16.1.